The van der Waals surface area contributed by atoms with E-state index in [2.05, 4.69) is 0 Å². The molecule has 0 saturated carbocycles. The quantitative estimate of drug-likeness (QED) is 0.667. The fourth-order valence-corrected chi connectivity index (χ4v) is 4.37. The van der Waals surface area contributed by atoms with Crippen LogP contribution >= 0.6 is 0 Å². The monoisotopic (exact) mass is 284 g/mol. The van der Waals surface area contributed by atoms with E-state index in [9.17, 15) is 0 Å². The van der Waals surface area contributed by atoms with Crippen molar-refractivity contribution in [2.24, 2.45) is 0 Å². The van der Waals surface area contributed by atoms with Crippen LogP contribution in [-0.2, 0) is 13.3 Å². The van der Waals surface area contributed by atoms with Crippen molar-refractivity contribution in [3.05, 3.63) is 0 Å². The van der Waals surface area contributed by atoms with Crippen LogP contribution in [0.15, 0.2) is 0 Å². The summed E-state index contributed by atoms with van der Waals surface area (Å²) >= 11 is 1.30. The Hall–Kier alpha value is 0.896. The molecule has 0 aliphatic carbocycles. The molecule has 0 aromatic rings. The van der Waals surface area contributed by atoms with Crippen LogP contribution in [0, 0.1) is 0 Å². The first-order valence-electron chi connectivity index (χ1n) is 3.60. The molecular formula is C6H16O3SiSn. The van der Waals surface area contributed by atoms with Crippen molar-refractivity contribution in [1.82, 2.24) is 0 Å². The second kappa shape index (κ2) is 6.42. The van der Waals surface area contributed by atoms with E-state index in [4.69, 9.17) is 13.3 Å². The van der Waals surface area contributed by atoms with Crippen molar-refractivity contribution in [2.75, 3.05) is 21.3 Å². The van der Waals surface area contributed by atoms with Crippen molar-refractivity contribution in [2.45, 2.75) is 16.9 Å². The Morgan fingerprint density at radius 2 is 1.55 bits per heavy atom. The van der Waals surface area contributed by atoms with E-state index < -0.39 is 8.80 Å². The summed E-state index contributed by atoms with van der Waals surface area (Å²) in [6, 6.07) is 0.942. The molecule has 3 nitrogen and oxygen atoms in total. The van der Waals surface area contributed by atoms with Crippen LogP contribution in [0.3, 0.4) is 0 Å². The third kappa shape index (κ3) is 3.89. The zero-order valence-electron chi connectivity index (χ0n) is 7.42. The van der Waals surface area contributed by atoms with Gasteiger partial charge in [-0.25, -0.2) is 0 Å². The standard InChI is InChI=1S/C6H15O3Si.Sn.H/c1-5-6-10(7-2,8-3)9-4;;/h1,5-6H2,2-4H3;;. The molecule has 11 heavy (non-hydrogen) atoms. The summed E-state index contributed by atoms with van der Waals surface area (Å²) in [5.41, 5.74) is 0. The van der Waals surface area contributed by atoms with Crippen LogP contribution in [0.4, 0.5) is 0 Å². The zero-order chi connectivity index (χ0) is 8.74. The average molecular weight is 283 g/mol. The van der Waals surface area contributed by atoms with Crippen LogP contribution in [0.2, 0.25) is 10.5 Å². The molecule has 0 spiro atoms. The van der Waals surface area contributed by atoms with Crippen LogP contribution in [0.5, 0.6) is 0 Å². The molecule has 0 aliphatic rings. The number of hydrogen-bond acceptors (Lipinski definition) is 3. The van der Waals surface area contributed by atoms with Crippen molar-refractivity contribution in [3.63, 3.8) is 0 Å². The maximum atomic E-state index is 5.25. The summed E-state index contributed by atoms with van der Waals surface area (Å²) in [6.45, 7) is 0. The SMILES string of the molecule is CO[Si](CC[CH2][SnH])(OC)OC. The maximum absolute atomic E-state index is 5.25. The normalized spacial score (nSPS) is 12.0. The summed E-state index contributed by atoms with van der Waals surface area (Å²) in [7, 11) is 2.76. The second-order valence-electron chi connectivity index (χ2n) is 2.19. The van der Waals surface area contributed by atoms with Crippen molar-refractivity contribution >= 4 is 31.3 Å². The molecule has 0 aromatic carbocycles. The third-order valence-corrected chi connectivity index (χ3v) is 5.62. The first-order chi connectivity index (χ1) is 5.24. The van der Waals surface area contributed by atoms with Crippen molar-refractivity contribution in [3.8, 4) is 0 Å². The van der Waals surface area contributed by atoms with E-state index in [1.807, 2.05) is 0 Å². The van der Waals surface area contributed by atoms with Gasteiger partial charge in [0, 0.05) is 0 Å². The summed E-state index contributed by atoms with van der Waals surface area (Å²) in [5, 5.41) is 0. The average Bonchev–Trinajstić information content (AvgIpc) is 2.08. The third-order valence-electron chi connectivity index (χ3n) is 1.62. The fourth-order valence-electron chi connectivity index (χ4n) is 0.875. The zero-order valence-corrected chi connectivity index (χ0v) is 11.7. The van der Waals surface area contributed by atoms with Gasteiger partial charge in [0.1, 0.15) is 0 Å². The van der Waals surface area contributed by atoms with Gasteiger partial charge in [-0.3, -0.25) is 0 Å². The second-order valence-corrected chi connectivity index (χ2v) is 6.93. The topological polar surface area (TPSA) is 27.7 Å². The van der Waals surface area contributed by atoms with Gasteiger partial charge in [-0.1, -0.05) is 0 Å². The Labute approximate surface area is 82.9 Å². The molecule has 0 heterocycles. The first kappa shape index (κ1) is 11.9. The molecule has 0 bridgehead atoms. The molecule has 0 aliphatic heterocycles. The molecule has 0 rings (SSSR count). The van der Waals surface area contributed by atoms with E-state index in [1.165, 1.54) is 27.0 Å². The predicted octanol–water partition coefficient (Wildman–Crippen LogP) is 0.574. The Morgan fingerprint density at radius 1 is 1.09 bits per heavy atom. The minimum atomic E-state index is -2.22. The van der Waals surface area contributed by atoms with Gasteiger partial charge in [0.25, 0.3) is 0 Å². The van der Waals surface area contributed by atoms with Crippen LogP contribution in [0.25, 0.3) is 0 Å². The Balaban J connectivity index is 3.84. The van der Waals surface area contributed by atoms with E-state index in [-0.39, 0.29) is 0 Å². The van der Waals surface area contributed by atoms with Gasteiger partial charge in [-0.2, -0.15) is 0 Å². The molecule has 0 aromatic heterocycles. The van der Waals surface area contributed by atoms with Crippen molar-refractivity contribution < 1.29 is 13.3 Å². The molecule has 0 amide bonds. The molecular weight excluding hydrogens is 267 g/mol. The predicted molar refractivity (Wildman–Crippen MR) is 48.2 cm³/mol. The summed E-state index contributed by atoms with van der Waals surface area (Å²) in [5.74, 6) is 0. The molecule has 0 atom stereocenters. The molecule has 0 unspecified atom stereocenters. The Morgan fingerprint density at radius 3 is 1.82 bits per heavy atom. The van der Waals surface area contributed by atoms with Gasteiger partial charge in [0.2, 0.25) is 0 Å². The van der Waals surface area contributed by atoms with Gasteiger partial charge < -0.3 is 0 Å². The minimum absolute atomic E-state index is 0.942. The number of hydrogen-bond donors (Lipinski definition) is 0. The van der Waals surface area contributed by atoms with E-state index in [0.29, 0.717) is 0 Å². The first-order valence-corrected chi connectivity index (χ1v) is 7.86. The molecule has 5 heteroatoms. The summed E-state index contributed by atoms with van der Waals surface area (Å²) in [4.78, 5) is 0. The van der Waals surface area contributed by atoms with E-state index >= 15 is 0 Å². The Bertz CT molecular complexity index is 89.6. The van der Waals surface area contributed by atoms with Gasteiger partial charge in [0.05, 0.1) is 0 Å². The van der Waals surface area contributed by atoms with E-state index in [0.717, 1.165) is 12.5 Å². The van der Waals surface area contributed by atoms with Gasteiger partial charge in [0.15, 0.2) is 0 Å². The fraction of sp³-hybridized carbons (Fsp3) is 1.00. The summed E-state index contributed by atoms with van der Waals surface area (Å²) < 4.78 is 17.0. The van der Waals surface area contributed by atoms with Crippen LogP contribution < -0.4 is 0 Å². The molecule has 0 fully saturated rings. The van der Waals surface area contributed by atoms with Gasteiger partial charge >= 0.3 is 82.8 Å². The molecule has 66 valence electrons. The van der Waals surface area contributed by atoms with Gasteiger partial charge in [-0.05, 0) is 0 Å². The molecule has 2 radical (unpaired) electrons. The van der Waals surface area contributed by atoms with E-state index in [1.54, 1.807) is 21.3 Å². The Kier molecular flexibility index (Phi) is 6.94. The summed E-state index contributed by atoms with van der Waals surface area (Å²) in [6.07, 6.45) is 1.16. The van der Waals surface area contributed by atoms with Crippen LogP contribution in [-0.4, -0.2) is 52.7 Å². The van der Waals surface area contributed by atoms with Crippen molar-refractivity contribution in [1.29, 1.82) is 0 Å². The number of rotatable bonds is 6. The molecule has 0 N–H and O–H groups in total. The van der Waals surface area contributed by atoms with Crippen LogP contribution in [0.1, 0.15) is 6.42 Å². The molecule has 0 saturated heterocycles. The van der Waals surface area contributed by atoms with Gasteiger partial charge in [-0.15, -0.1) is 0 Å².